The molecule has 7 nitrogen and oxygen atoms in total. The van der Waals surface area contributed by atoms with Crippen molar-refractivity contribution in [2.24, 2.45) is 23.2 Å². The SMILES string of the molecule is C=C1/C(=C\C=C2/CCC[C@]3(C)[C@@H]([C@H](C)CCS(=O)(=O)c4ccc([N+](=O)[O-])cc4)CC[C@@H]23)C[C@H](O)C[C@H]1O. The summed E-state index contributed by atoms with van der Waals surface area (Å²) in [7, 11) is -3.51. The van der Waals surface area contributed by atoms with Crippen LogP contribution < -0.4 is 0 Å². The van der Waals surface area contributed by atoms with Crippen molar-refractivity contribution in [3.63, 3.8) is 0 Å². The molecular formula is C29H39NO6S. The molecule has 2 N–H and O–H groups in total. The molecule has 0 aliphatic heterocycles. The van der Waals surface area contributed by atoms with E-state index in [4.69, 9.17) is 0 Å². The average molecular weight is 530 g/mol. The normalized spacial score (nSPS) is 33.5. The van der Waals surface area contributed by atoms with Gasteiger partial charge in [0.15, 0.2) is 9.84 Å². The average Bonchev–Trinajstić information content (AvgIpc) is 3.21. The van der Waals surface area contributed by atoms with Gasteiger partial charge >= 0.3 is 0 Å². The van der Waals surface area contributed by atoms with E-state index in [1.165, 1.54) is 29.8 Å². The number of aliphatic hydroxyl groups excluding tert-OH is 2. The highest BCUT2D eigenvalue weighted by molar-refractivity contribution is 7.91. The third kappa shape index (κ3) is 5.76. The van der Waals surface area contributed by atoms with Crippen molar-refractivity contribution in [3.8, 4) is 0 Å². The van der Waals surface area contributed by atoms with E-state index in [0.717, 1.165) is 37.7 Å². The number of allylic oxidation sites excluding steroid dienone is 3. The van der Waals surface area contributed by atoms with Crippen LogP contribution in [0.4, 0.5) is 5.69 Å². The van der Waals surface area contributed by atoms with Crippen LogP contribution in [0.25, 0.3) is 0 Å². The first-order valence-electron chi connectivity index (χ1n) is 13.3. The van der Waals surface area contributed by atoms with Crippen LogP contribution in [-0.4, -0.2) is 41.5 Å². The van der Waals surface area contributed by atoms with Gasteiger partial charge < -0.3 is 10.2 Å². The van der Waals surface area contributed by atoms with Gasteiger partial charge in [0, 0.05) is 18.6 Å². The van der Waals surface area contributed by atoms with Gasteiger partial charge in [0.05, 0.1) is 27.8 Å². The number of benzene rings is 1. The van der Waals surface area contributed by atoms with Crippen LogP contribution in [-0.2, 0) is 9.84 Å². The fourth-order valence-electron chi connectivity index (χ4n) is 7.11. The van der Waals surface area contributed by atoms with Crippen LogP contribution in [0.1, 0.15) is 65.2 Å². The molecule has 0 spiro atoms. The maximum Gasteiger partial charge on any atom is 0.269 e. The number of sulfone groups is 1. The summed E-state index contributed by atoms with van der Waals surface area (Å²) in [6.07, 6.45) is 9.84. The summed E-state index contributed by atoms with van der Waals surface area (Å²) in [4.78, 5) is 10.5. The highest BCUT2D eigenvalue weighted by Crippen LogP contribution is 2.59. The van der Waals surface area contributed by atoms with Crippen LogP contribution in [0.15, 0.2) is 64.6 Å². The van der Waals surface area contributed by atoms with E-state index in [0.29, 0.717) is 36.7 Å². The Balaban J connectivity index is 1.44. The molecular weight excluding hydrogens is 490 g/mol. The van der Waals surface area contributed by atoms with Gasteiger partial charge in [-0.15, -0.1) is 0 Å². The van der Waals surface area contributed by atoms with Gasteiger partial charge in [0.25, 0.3) is 5.69 Å². The van der Waals surface area contributed by atoms with E-state index in [1.807, 2.05) is 6.08 Å². The summed E-state index contributed by atoms with van der Waals surface area (Å²) in [5.74, 6) is 1.15. The number of hydrogen-bond acceptors (Lipinski definition) is 6. The van der Waals surface area contributed by atoms with Gasteiger partial charge in [-0.05, 0) is 91.4 Å². The summed E-state index contributed by atoms with van der Waals surface area (Å²) in [6, 6.07) is 5.15. The molecule has 6 atom stereocenters. The first-order chi connectivity index (χ1) is 17.4. The third-order valence-corrected chi connectivity index (χ3v) is 11.0. The second-order valence-electron chi connectivity index (χ2n) is 11.5. The summed E-state index contributed by atoms with van der Waals surface area (Å²) in [6.45, 7) is 8.56. The Kier molecular flexibility index (Phi) is 8.12. The smallest absolute Gasteiger partial charge is 0.269 e. The van der Waals surface area contributed by atoms with Crippen molar-refractivity contribution < 1.29 is 23.6 Å². The Morgan fingerprint density at radius 1 is 1.22 bits per heavy atom. The molecule has 1 aromatic rings. The zero-order valence-electron chi connectivity index (χ0n) is 21.8. The molecule has 1 aromatic carbocycles. The van der Waals surface area contributed by atoms with E-state index in [2.05, 4.69) is 26.5 Å². The maximum atomic E-state index is 12.9. The van der Waals surface area contributed by atoms with Crippen molar-refractivity contribution >= 4 is 15.5 Å². The second-order valence-corrected chi connectivity index (χ2v) is 13.6. The van der Waals surface area contributed by atoms with E-state index in [1.54, 1.807) is 0 Å². The molecule has 37 heavy (non-hydrogen) atoms. The number of fused-ring (bicyclic) bond motifs is 1. The first kappa shape index (κ1) is 27.7. The van der Waals surface area contributed by atoms with Gasteiger partial charge in [-0.3, -0.25) is 10.1 Å². The minimum atomic E-state index is -3.51. The van der Waals surface area contributed by atoms with Gasteiger partial charge in [0.2, 0.25) is 0 Å². The van der Waals surface area contributed by atoms with Crippen molar-refractivity contribution in [2.45, 2.75) is 82.3 Å². The lowest BCUT2D eigenvalue weighted by molar-refractivity contribution is -0.384. The van der Waals surface area contributed by atoms with Gasteiger partial charge in [-0.25, -0.2) is 8.42 Å². The number of nitrogens with zero attached hydrogens (tertiary/aromatic N) is 1. The fraction of sp³-hybridized carbons (Fsp3) is 0.586. The van der Waals surface area contributed by atoms with Gasteiger partial charge in [-0.2, -0.15) is 0 Å². The Morgan fingerprint density at radius 3 is 2.59 bits per heavy atom. The predicted octanol–water partition coefficient (Wildman–Crippen LogP) is 5.54. The molecule has 202 valence electrons. The Hall–Kier alpha value is -2.29. The maximum absolute atomic E-state index is 12.9. The van der Waals surface area contributed by atoms with Crippen LogP contribution in [0.2, 0.25) is 0 Å². The monoisotopic (exact) mass is 529 g/mol. The highest BCUT2D eigenvalue weighted by Gasteiger charge is 2.50. The molecule has 3 saturated carbocycles. The lowest BCUT2D eigenvalue weighted by atomic mass is 9.61. The number of hydrogen-bond donors (Lipinski definition) is 2. The molecule has 0 bridgehead atoms. The standard InChI is InChI=1S/C29H39NO6S/c1-19(14-16-37(35,36)25-10-8-23(9-11-25)30(33)34)26-12-13-27-21(5-4-15-29(26,27)3)6-7-22-17-24(31)18-28(32)20(22)2/h6-11,19,24,26-28,31-32H,2,4-5,12-18H2,1,3H3/b21-6+,22-7-/t19-,24+,26-,27+,28-,29-/m1/s1. The zero-order chi connectivity index (χ0) is 27.0. The zero-order valence-corrected chi connectivity index (χ0v) is 22.6. The van der Waals surface area contributed by atoms with Gasteiger partial charge in [-0.1, -0.05) is 38.2 Å². The second kappa shape index (κ2) is 10.8. The molecule has 3 aliphatic carbocycles. The predicted molar refractivity (Wildman–Crippen MR) is 144 cm³/mol. The number of non-ortho nitro benzene ring substituents is 1. The summed E-state index contributed by atoms with van der Waals surface area (Å²) >= 11 is 0. The number of nitro benzene ring substituents is 1. The van der Waals surface area contributed by atoms with E-state index in [9.17, 15) is 28.7 Å². The van der Waals surface area contributed by atoms with Gasteiger partial charge in [0.1, 0.15) is 0 Å². The molecule has 3 aliphatic rings. The van der Waals surface area contributed by atoms with Crippen molar-refractivity contribution in [1.29, 1.82) is 0 Å². The fourth-order valence-corrected chi connectivity index (χ4v) is 8.58. The van der Waals surface area contributed by atoms with Crippen LogP contribution in [0.3, 0.4) is 0 Å². The lowest BCUT2D eigenvalue weighted by Gasteiger charge is -2.44. The van der Waals surface area contributed by atoms with Crippen LogP contribution in [0, 0.1) is 33.3 Å². The third-order valence-electron chi connectivity index (χ3n) is 9.24. The molecule has 3 fully saturated rings. The van der Waals surface area contributed by atoms with Crippen LogP contribution >= 0.6 is 0 Å². The van der Waals surface area contributed by atoms with E-state index in [-0.39, 0.29) is 27.7 Å². The Labute approximate surface area is 220 Å². The molecule has 0 amide bonds. The first-order valence-corrected chi connectivity index (χ1v) is 15.0. The van der Waals surface area contributed by atoms with Crippen molar-refractivity contribution in [1.82, 2.24) is 0 Å². The topological polar surface area (TPSA) is 118 Å². The molecule has 8 heteroatoms. The number of aliphatic hydroxyl groups is 2. The van der Waals surface area contributed by atoms with Crippen molar-refractivity contribution in [3.05, 3.63) is 69.8 Å². The molecule has 0 saturated heterocycles. The summed E-state index contributed by atoms with van der Waals surface area (Å²) in [5.41, 5.74) is 3.03. The Morgan fingerprint density at radius 2 is 1.92 bits per heavy atom. The molecule has 0 unspecified atom stereocenters. The largest absolute Gasteiger partial charge is 0.393 e. The highest BCUT2D eigenvalue weighted by atomic mass is 32.2. The number of rotatable bonds is 7. The van der Waals surface area contributed by atoms with Crippen LogP contribution in [0.5, 0.6) is 0 Å². The molecule has 0 aromatic heterocycles. The van der Waals surface area contributed by atoms with Crippen molar-refractivity contribution in [2.75, 3.05) is 5.75 Å². The quantitative estimate of drug-likeness (QED) is 0.354. The molecule has 4 rings (SSSR count). The number of nitro groups is 1. The minimum Gasteiger partial charge on any atom is -0.393 e. The minimum absolute atomic E-state index is 0.0325. The van der Waals surface area contributed by atoms with E-state index < -0.39 is 27.0 Å². The molecule has 0 radical (unpaired) electrons. The summed E-state index contributed by atoms with van der Waals surface area (Å²) < 4.78 is 25.9. The Bertz CT molecular complexity index is 1200. The molecule has 0 heterocycles. The lowest BCUT2D eigenvalue weighted by Crippen LogP contribution is -2.36. The summed E-state index contributed by atoms with van der Waals surface area (Å²) in [5, 5.41) is 31.1. The van der Waals surface area contributed by atoms with E-state index >= 15 is 0 Å².